The van der Waals surface area contributed by atoms with Gasteiger partial charge in [0.15, 0.2) is 5.65 Å². The molecule has 1 aromatic carbocycles. The van der Waals surface area contributed by atoms with Gasteiger partial charge < -0.3 is 10.6 Å². The highest BCUT2D eigenvalue weighted by atomic mass is 32.2. The summed E-state index contributed by atoms with van der Waals surface area (Å²) in [6.07, 6.45) is 1.61. The molecule has 0 radical (unpaired) electrons. The van der Waals surface area contributed by atoms with E-state index in [9.17, 15) is 9.59 Å². The number of nitrogens with one attached hydrogen (secondary N) is 2. The van der Waals surface area contributed by atoms with Crippen LogP contribution in [0.3, 0.4) is 0 Å². The molecule has 146 valence electrons. The van der Waals surface area contributed by atoms with Crippen LogP contribution in [0.1, 0.15) is 18.2 Å². The first kappa shape index (κ1) is 19.9. The van der Waals surface area contributed by atoms with Gasteiger partial charge in [-0.3, -0.25) is 14.3 Å². The minimum atomic E-state index is -0.380. The third-order valence-electron chi connectivity index (χ3n) is 4.30. The fraction of sp³-hybridized carbons (Fsp3) is 0.300. The van der Waals surface area contributed by atoms with Gasteiger partial charge in [-0.15, -0.1) is 11.8 Å². The van der Waals surface area contributed by atoms with Crippen molar-refractivity contribution >= 4 is 46.0 Å². The predicted molar refractivity (Wildman–Crippen MR) is 114 cm³/mol. The molecular weight excluding hydrogens is 374 g/mol. The average Bonchev–Trinajstić information content (AvgIpc) is 2.95. The van der Waals surface area contributed by atoms with E-state index in [1.165, 1.54) is 11.8 Å². The number of pyridine rings is 1. The standard InChI is InChI=1S/C20H23N5O2S/c1-12-5-7-15(8-6-12)22-18(26)11-28-14(3)20(27)23-16-9-17-13(2)24-25(4)19(17)21-10-16/h5-10,14H,11H2,1-4H3,(H,22,26)(H,23,27). The Labute approximate surface area is 167 Å². The second-order valence-corrected chi connectivity index (χ2v) is 7.99. The lowest BCUT2D eigenvalue weighted by molar-refractivity contribution is -0.115. The Balaban J connectivity index is 1.53. The lowest BCUT2D eigenvalue weighted by atomic mass is 10.2. The van der Waals surface area contributed by atoms with Gasteiger partial charge in [-0.2, -0.15) is 5.10 Å². The van der Waals surface area contributed by atoms with Crippen LogP contribution in [-0.2, 0) is 16.6 Å². The second-order valence-electron chi connectivity index (χ2n) is 6.66. The van der Waals surface area contributed by atoms with Crippen molar-refractivity contribution < 1.29 is 9.59 Å². The Morgan fingerprint density at radius 3 is 2.57 bits per heavy atom. The number of anilines is 2. The van der Waals surface area contributed by atoms with Crippen molar-refractivity contribution in [1.29, 1.82) is 0 Å². The lowest BCUT2D eigenvalue weighted by Gasteiger charge is -2.12. The van der Waals surface area contributed by atoms with Crippen LogP contribution in [0.25, 0.3) is 11.0 Å². The van der Waals surface area contributed by atoms with Gasteiger partial charge in [-0.1, -0.05) is 17.7 Å². The maximum absolute atomic E-state index is 12.4. The van der Waals surface area contributed by atoms with Gasteiger partial charge in [0.2, 0.25) is 11.8 Å². The van der Waals surface area contributed by atoms with Crippen LogP contribution in [0.4, 0.5) is 11.4 Å². The molecule has 0 fully saturated rings. The molecule has 0 saturated heterocycles. The Hall–Kier alpha value is -2.87. The van der Waals surface area contributed by atoms with Gasteiger partial charge >= 0.3 is 0 Å². The first-order valence-corrected chi connectivity index (χ1v) is 9.96. The van der Waals surface area contributed by atoms with E-state index in [4.69, 9.17) is 0 Å². The monoisotopic (exact) mass is 397 g/mol. The quantitative estimate of drug-likeness (QED) is 0.666. The minimum absolute atomic E-state index is 0.137. The zero-order valence-electron chi connectivity index (χ0n) is 16.3. The topological polar surface area (TPSA) is 88.9 Å². The molecule has 2 heterocycles. The van der Waals surface area contributed by atoms with Crippen LogP contribution >= 0.6 is 11.8 Å². The molecule has 0 aliphatic carbocycles. The molecule has 0 spiro atoms. The number of nitrogens with zero attached hydrogens (tertiary/aromatic N) is 3. The number of hydrogen-bond donors (Lipinski definition) is 2. The van der Waals surface area contributed by atoms with Crippen LogP contribution in [0.15, 0.2) is 36.5 Å². The van der Waals surface area contributed by atoms with Crippen LogP contribution in [-0.4, -0.2) is 37.6 Å². The summed E-state index contributed by atoms with van der Waals surface area (Å²) in [6.45, 7) is 5.67. The van der Waals surface area contributed by atoms with E-state index in [2.05, 4.69) is 20.7 Å². The molecule has 2 N–H and O–H groups in total. The summed E-state index contributed by atoms with van der Waals surface area (Å²) < 4.78 is 1.71. The van der Waals surface area contributed by atoms with E-state index in [-0.39, 0.29) is 22.8 Å². The molecule has 2 aromatic heterocycles. The molecule has 2 amide bonds. The highest BCUT2D eigenvalue weighted by Gasteiger charge is 2.16. The van der Waals surface area contributed by atoms with E-state index in [0.717, 1.165) is 28.0 Å². The number of hydrogen-bond acceptors (Lipinski definition) is 5. The van der Waals surface area contributed by atoms with Gasteiger partial charge in [0.05, 0.1) is 28.6 Å². The SMILES string of the molecule is Cc1ccc(NC(=O)CSC(C)C(=O)Nc2cnc3c(c2)c(C)nn3C)cc1. The number of carbonyl (C=O) groups is 2. The van der Waals surface area contributed by atoms with Crippen molar-refractivity contribution in [1.82, 2.24) is 14.8 Å². The number of rotatable bonds is 6. The minimum Gasteiger partial charge on any atom is -0.325 e. The molecule has 0 bridgehead atoms. The van der Waals surface area contributed by atoms with Crippen molar-refractivity contribution in [2.45, 2.75) is 26.0 Å². The Morgan fingerprint density at radius 2 is 1.86 bits per heavy atom. The molecular formula is C20H23N5O2S. The molecule has 8 heteroatoms. The highest BCUT2D eigenvalue weighted by Crippen LogP contribution is 2.20. The van der Waals surface area contributed by atoms with Crippen LogP contribution in [0.2, 0.25) is 0 Å². The van der Waals surface area contributed by atoms with E-state index in [0.29, 0.717) is 5.69 Å². The fourth-order valence-corrected chi connectivity index (χ4v) is 3.41. The van der Waals surface area contributed by atoms with Crippen LogP contribution in [0, 0.1) is 13.8 Å². The summed E-state index contributed by atoms with van der Waals surface area (Å²) in [5, 5.41) is 10.5. The molecule has 3 aromatic rings. The van der Waals surface area contributed by atoms with E-state index in [1.54, 1.807) is 17.8 Å². The summed E-state index contributed by atoms with van der Waals surface area (Å²) in [4.78, 5) is 28.9. The van der Waals surface area contributed by atoms with Gasteiger partial charge in [0.1, 0.15) is 0 Å². The van der Waals surface area contributed by atoms with Gasteiger partial charge in [-0.25, -0.2) is 4.98 Å². The highest BCUT2D eigenvalue weighted by molar-refractivity contribution is 8.01. The summed E-state index contributed by atoms with van der Waals surface area (Å²) in [7, 11) is 1.83. The zero-order valence-corrected chi connectivity index (χ0v) is 17.1. The number of benzene rings is 1. The van der Waals surface area contributed by atoms with Gasteiger partial charge in [-0.05, 0) is 39.0 Å². The molecule has 28 heavy (non-hydrogen) atoms. The number of aromatic nitrogens is 3. The second kappa shape index (κ2) is 8.43. The normalized spacial score (nSPS) is 12.0. The lowest BCUT2D eigenvalue weighted by Crippen LogP contribution is -2.25. The molecule has 1 atom stereocenters. The van der Waals surface area contributed by atoms with Gasteiger partial charge in [0, 0.05) is 18.1 Å². The molecule has 3 rings (SSSR count). The number of thioether (sulfide) groups is 1. The number of aryl methyl sites for hydroxylation is 3. The first-order chi connectivity index (χ1) is 13.3. The third-order valence-corrected chi connectivity index (χ3v) is 5.44. The summed E-state index contributed by atoms with van der Waals surface area (Å²) >= 11 is 1.28. The van der Waals surface area contributed by atoms with Crippen LogP contribution in [0.5, 0.6) is 0 Å². The van der Waals surface area contributed by atoms with Crippen molar-refractivity contribution in [2.75, 3.05) is 16.4 Å². The molecule has 7 nitrogen and oxygen atoms in total. The zero-order chi connectivity index (χ0) is 20.3. The predicted octanol–water partition coefficient (Wildman–Crippen LogP) is 3.28. The smallest absolute Gasteiger partial charge is 0.237 e. The third kappa shape index (κ3) is 4.69. The Morgan fingerprint density at radius 1 is 1.14 bits per heavy atom. The summed E-state index contributed by atoms with van der Waals surface area (Å²) in [5.41, 5.74) is 4.12. The average molecular weight is 398 g/mol. The molecule has 0 aliphatic heterocycles. The van der Waals surface area contributed by atoms with E-state index >= 15 is 0 Å². The fourth-order valence-electron chi connectivity index (χ4n) is 2.73. The summed E-state index contributed by atoms with van der Waals surface area (Å²) in [6, 6.07) is 9.46. The van der Waals surface area contributed by atoms with Crippen LogP contribution < -0.4 is 10.6 Å². The largest absolute Gasteiger partial charge is 0.325 e. The van der Waals surface area contributed by atoms with Gasteiger partial charge in [0.25, 0.3) is 0 Å². The van der Waals surface area contributed by atoms with Crippen molar-refractivity contribution in [3.8, 4) is 0 Å². The van der Waals surface area contributed by atoms with Crippen molar-refractivity contribution in [3.63, 3.8) is 0 Å². The van der Waals surface area contributed by atoms with E-state index in [1.807, 2.05) is 51.2 Å². The Bertz CT molecular complexity index is 1010. The van der Waals surface area contributed by atoms with E-state index < -0.39 is 0 Å². The molecule has 1 unspecified atom stereocenters. The summed E-state index contributed by atoms with van der Waals surface area (Å²) in [5.74, 6) is -0.111. The Kier molecular flexibility index (Phi) is 5.99. The maximum Gasteiger partial charge on any atom is 0.237 e. The number of fused-ring (bicyclic) bond motifs is 1. The number of carbonyl (C=O) groups excluding carboxylic acids is 2. The number of amides is 2. The van der Waals surface area contributed by atoms with Crippen molar-refractivity contribution in [2.24, 2.45) is 7.05 Å². The molecule has 0 saturated carbocycles. The first-order valence-electron chi connectivity index (χ1n) is 8.92. The maximum atomic E-state index is 12.4. The van der Waals surface area contributed by atoms with Crippen molar-refractivity contribution in [3.05, 3.63) is 47.8 Å². The molecule has 0 aliphatic rings.